The van der Waals surface area contributed by atoms with E-state index in [4.69, 9.17) is 9.47 Å². The molecule has 1 aliphatic heterocycles. The molecular weight excluding hydrogens is 362 g/mol. The molecule has 3 aromatic rings. The van der Waals surface area contributed by atoms with Gasteiger partial charge in [0.1, 0.15) is 13.2 Å². The maximum Gasteiger partial charge on any atom is 0.234 e. The van der Waals surface area contributed by atoms with Gasteiger partial charge in [0.15, 0.2) is 11.5 Å². The molecule has 0 unspecified atom stereocenters. The summed E-state index contributed by atoms with van der Waals surface area (Å²) in [5, 5.41) is 0. The van der Waals surface area contributed by atoms with E-state index in [1.807, 2.05) is 90.7 Å². The summed E-state index contributed by atoms with van der Waals surface area (Å²) < 4.78 is 11.3. The van der Waals surface area contributed by atoms with Gasteiger partial charge in [0, 0.05) is 13.1 Å². The van der Waals surface area contributed by atoms with Gasteiger partial charge in [0.05, 0.1) is 5.92 Å². The van der Waals surface area contributed by atoms with Crippen molar-refractivity contribution in [3.63, 3.8) is 0 Å². The Balaban J connectivity index is 1.62. The van der Waals surface area contributed by atoms with E-state index < -0.39 is 0 Å². The Morgan fingerprint density at radius 2 is 1.45 bits per heavy atom. The fourth-order valence-electron chi connectivity index (χ4n) is 3.70. The lowest BCUT2D eigenvalue weighted by Gasteiger charge is -2.28. The van der Waals surface area contributed by atoms with Crippen LogP contribution in [0.3, 0.4) is 0 Å². The second-order valence-corrected chi connectivity index (χ2v) is 7.08. The molecule has 0 saturated carbocycles. The van der Waals surface area contributed by atoms with Crippen molar-refractivity contribution < 1.29 is 14.3 Å². The Kier molecular flexibility index (Phi) is 5.80. The van der Waals surface area contributed by atoms with Gasteiger partial charge in [-0.3, -0.25) is 4.79 Å². The topological polar surface area (TPSA) is 38.8 Å². The number of hydrogen-bond acceptors (Lipinski definition) is 3. The van der Waals surface area contributed by atoms with Crippen molar-refractivity contribution in [1.29, 1.82) is 0 Å². The summed E-state index contributed by atoms with van der Waals surface area (Å²) in [6, 6.07) is 25.9. The highest BCUT2D eigenvalue weighted by Gasteiger charge is 2.27. The van der Waals surface area contributed by atoms with Crippen LogP contribution in [0.5, 0.6) is 11.5 Å². The predicted molar refractivity (Wildman–Crippen MR) is 113 cm³/mol. The molecule has 29 heavy (non-hydrogen) atoms. The van der Waals surface area contributed by atoms with Crippen LogP contribution >= 0.6 is 0 Å². The maximum absolute atomic E-state index is 13.6. The average molecular weight is 387 g/mol. The third kappa shape index (κ3) is 4.27. The SMILES string of the molecule is CCN(Cc1ccc2c(c1)OCCO2)C(=O)C(c1ccccc1)c1ccccc1. The maximum atomic E-state index is 13.6. The summed E-state index contributed by atoms with van der Waals surface area (Å²) in [6.45, 7) is 4.30. The predicted octanol–water partition coefficient (Wildman–Crippen LogP) is 4.64. The smallest absolute Gasteiger partial charge is 0.234 e. The first-order valence-corrected chi connectivity index (χ1v) is 10.0. The molecule has 1 amide bonds. The van der Waals surface area contributed by atoms with E-state index in [-0.39, 0.29) is 11.8 Å². The average Bonchev–Trinajstić information content (AvgIpc) is 2.79. The van der Waals surface area contributed by atoms with Crippen LogP contribution in [0.2, 0.25) is 0 Å². The Bertz CT molecular complexity index is 917. The first-order chi connectivity index (χ1) is 14.3. The second-order valence-electron chi connectivity index (χ2n) is 7.08. The highest BCUT2D eigenvalue weighted by atomic mass is 16.6. The lowest BCUT2D eigenvalue weighted by molar-refractivity contribution is -0.132. The zero-order valence-electron chi connectivity index (χ0n) is 16.6. The third-order valence-electron chi connectivity index (χ3n) is 5.19. The van der Waals surface area contributed by atoms with Crippen molar-refractivity contribution in [1.82, 2.24) is 4.90 Å². The molecule has 1 aliphatic rings. The molecule has 4 rings (SSSR count). The van der Waals surface area contributed by atoms with Gasteiger partial charge in [-0.2, -0.15) is 0 Å². The number of nitrogens with zero attached hydrogens (tertiary/aromatic N) is 1. The molecular formula is C25H25NO3. The van der Waals surface area contributed by atoms with E-state index in [1.165, 1.54) is 0 Å². The minimum atomic E-state index is -0.324. The molecule has 3 aromatic carbocycles. The number of amides is 1. The Morgan fingerprint density at radius 3 is 2.03 bits per heavy atom. The molecule has 0 atom stereocenters. The van der Waals surface area contributed by atoms with Gasteiger partial charge in [0.25, 0.3) is 0 Å². The zero-order chi connectivity index (χ0) is 20.1. The standard InChI is InChI=1S/C25H25NO3/c1-2-26(18-19-13-14-22-23(17-19)29-16-15-28-22)25(27)24(20-9-5-3-6-10-20)21-11-7-4-8-12-21/h3-14,17,24H,2,15-16,18H2,1H3. The summed E-state index contributed by atoms with van der Waals surface area (Å²) in [4.78, 5) is 15.5. The number of rotatable bonds is 6. The first kappa shape index (κ1) is 19.1. The van der Waals surface area contributed by atoms with E-state index in [1.54, 1.807) is 0 Å². The largest absolute Gasteiger partial charge is 0.486 e. The van der Waals surface area contributed by atoms with Crippen molar-refractivity contribution in [3.05, 3.63) is 95.6 Å². The first-order valence-electron chi connectivity index (χ1n) is 10.0. The van der Waals surface area contributed by atoms with E-state index in [0.717, 1.165) is 28.2 Å². The van der Waals surface area contributed by atoms with Crippen molar-refractivity contribution in [3.8, 4) is 11.5 Å². The van der Waals surface area contributed by atoms with Gasteiger partial charge in [0.2, 0.25) is 5.91 Å². The monoisotopic (exact) mass is 387 g/mol. The summed E-state index contributed by atoms with van der Waals surface area (Å²) in [6.07, 6.45) is 0. The minimum Gasteiger partial charge on any atom is -0.486 e. The van der Waals surface area contributed by atoms with Crippen LogP contribution < -0.4 is 9.47 Å². The van der Waals surface area contributed by atoms with Gasteiger partial charge < -0.3 is 14.4 Å². The number of ether oxygens (including phenoxy) is 2. The summed E-state index contributed by atoms with van der Waals surface area (Å²) in [7, 11) is 0. The minimum absolute atomic E-state index is 0.0970. The molecule has 0 bridgehead atoms. The molecule has 4 heteroatoms. The molecule has 0 saturated heterocycles. The number of carbonyl (C=O) groups excluding carboxylic acids is 1. The Morgan fingerprint density at radius 1 is 0.862 bits per heavy atom. The van der Waals surface area contributed by atoms with Gasteiger partial charge in [-0.05, 0) is 35.7 Å². The molecule has 0 aromatic heterocycles. The highest BCUT2D eigenvalue weighted by Crippen LogP contribution is 2.32. The van der Waals surface area contributed by atoms with E-state index >= 15 is 0 Å². The molecule has 0 fully saturated rings. The van der Waals surface area contributed by atoms with E-state index in [9.17, 15) is 4.79 Å². The number of carbonyl (C=O) groups is 1. The van der Waals surface area contributed by atoms with Crippen molar-refractivity contribution in [2.24, 2.45) is 0 Å². The normalized spacial score (nSPS) is 12.6. The number of benzene rings is 3. The summed E-state index contributed by atoms with van der Waals surface area (Å²) >= 11 is 0. The van der Waals surface area contributed by atoms with E-state index in [2.05, 4.69) is 0 Å². The molecule has 4 nitrogen and oxygen atoms in total. The molecule has 0 aliphatic carbocycles. The van der Waals surface area contributed by atoms with Crippen LogP contribution in [0.1, 0.15) is 29.5 Å². The second kappa shape index (κ2) is 8.82. The zero-order valence-corrected chi connectivity index (χ0v) is 16.6. The van der Waals surface area contributed by atoms with Crippen LogP contribution in [0, 0.1) is 0 Å². The molecule has 0 radical (unpaired) electrons. The van der Waals surface area contributed by atoms with Gasteiger partial charge in [-0.25, -0.2) is 0 Å². The van der Waals surface area contributed by atoms with Crippen molar-refractivity contribution in [2.75, 3.05) is 19.8 Å². The number of fused-ring (bicyclic) bond motifs is 1. The number of hydrogen-bond donors (Lipinski definition) is 0. The van der Waals surface area contributed by atoms with Crippen molar-refractivity contribution in [2.45, 2.75) is 19.4 Å². The van der Waals surface area contributed by atoms with Gasteiger partial charge in [-0.1, -0.05) is 66.7 Å². The molecule has 0 spiro atoms. The van der Waals surface area contributed by atoms with E-state index in [0.29, 0.717) is 26.3 Å². The summed E-state index contributed by atoms with van der Waals surface area (Å²) in [5.74, 6) is 1.29. The van der Waals surface area contributed by atoms with Crippen molar-refractivity contribution >= 4 is 5.91 Å². The lowest BCUT2D eigenvalue weighted by Crippen LogP contribution is -2.35. The lowest BCUT2D eigenvalue weighted by atomic mass is 9.90. The van der Waals surface area contributed by atoms with Gasteiger partial charge >= 0.3 is 0 Å². The fraction of sp³-hybridized carbons (Fsp3) is 0.240. The van der Waals surface area contributed by atoms with Crippen LogP contribution in [0.15, 0.2) is 78.9 Å². The summed E-state index contributed by atoms with van der Waals surface area (Å²) in [5.41, 5.74) is 3.04. The molecule has 1 heterocycles. The number of likely N-dealkylation sites (N-methyl/N-ethyl adjacent to an activating group) is 1. The van der Waals surface area contributed by atoms with Crippen LogP contribution in [0.25, 0.3) is 0 Å². The fourth-order valence-corrected chi connectivity index (χ4v) is 3.70. The molecule has 0 N–H and O–H groups in total. The van der Waals surface area contributed by atoms with Crippen LogP contribution in [-0.4, -0.2) is 30.6 Å². The molecule has 148 valence electrons. The third-order valence-corrected chi connectivity index (χ3v) is 5.19. The highest BCUT2D eigenvalue weighted by molar-refractivity contribution is 5.87. The van der Waals surface area contributed by atoms with Gasteiger partial charge in [-0.15, -0.1) is 0 Å². The Labute approximate surface area is 171 Å². The quantitative estimate of drug-likeness (QED) is 0.619. The van der Waals surface area contributed by atoms with Crippen LogP contribution in [-0.2, 0) is 11.3 Å². The Hall–Kier alpha value is -3.27. The van der Waals surface area contributed by atoms with Crippen LogP contribution in [0.4, 0.5) is 0 Å².